The summed E-state index contributed by atoms with van der Waals surface area (Å²) in [5.41, 5.74) is 10.9. The number of aryl methyl sites for hydroxylation is 1. The van der Waals surface area contributed by atoms with Gasteiger partial charge in [0, 0.05) is 46.3 Å². The standard InChI is InChI=1S/C45H45NO3/c1-31-12-21-36-39(30-31)43-38(42-41(36)37-10-6-7-11-40(37)44(42)23-8-4-3-5-9-24-44)22-25-45(49-43,33-15-19-35(47-2)20-16-33)32-13-17-34(18-14-32)46-26-28-48-29-27-46/h6-7,10-22,25,30H,3-5,8-9,23-24,26-29H2,1-2H3. The molecule has 4 aliphatic rings. The lowest BCUT2D eigenvalue weighted by Gasteiger charge is -2.40. The van der Waals surface area contributed by atoms with Crippen LogP contribution in [0.15, 0.2) is 97.1 Å². The van der Waals surface area contributed by atoms with Crippen molar-refractivity contribution in [1.82, 2.24) is 0 Å². The van der Waals surface area contributed by atoms with Gasteiger partial charge in [0.25, 0.3) is 0 Å². The summed E-state index contributed by atoms with van der Waals surface area (Å²) in [6.45, 7) is 5.55. The molecule has 4 heteroatoms. The van der Waals surface area contributed by atoms with Gasteiger partial charge >= 0.3 is 0 Å². The molecular weight excluding hydrogens is 602 g/mol. The zero-order chi connectivity index (χ0) is 33.0. The summed E-state index contributed by atoms with van der Waals surface area (Å²) in [6, 6.07) is 33.7. The predicted octanol–water partition coefficient (Wildman–Crippen LogP) is 10.4. The first kappa shape index (κ1) is 30.5. The number of benzene rings is 5. The summed E-state index contributed by atoms with van der Waals surface area (Å²) in [5.74, 6) is 1.84. The van der Waals surface area contributed by atoms with Gasteiger partial charge in [-0.15, -0.1) is 0 Å². The van der Waals surface area contributed by atoms with Crippen LogP contribution >= 0.6 is 0 Å². The molecule has 4 nitrogen and oxygen atoms in total. The SMILES string of the molecule is COc1ccc(C2(c3ccc(N4CCOCC4)cc3)C=Cc3c4c(c5ccc(C)cc5c3O2)-c2ccccc2C42CCCCCCC2)cc1. The van der Waals surface area contributed by atoms with Crippen molar-refractivity contribution >= 4 is 22.5 Å². The highest BCUT2D eigenvalue weighted by Crippen LogP contribution is 2.61. The lowest BCUT2D eigenvalue weighted by atomic mass is 9.67. The van der Waals surface area contributed by atoms with E-state index in [1.165, 1.54) is 94.8 Å². The fourth-order valence-electron chi connectivity index (χ4n) is 9.37. The monoisotopic (exact) mass is 647 g/mol. The van der Waals surface area contributed by atoms with Crippen LogP contribution in [0.3, 0.4) is 0 Å². The van der Waals surface area contributed by atoms with Crippen molar-refractivity contribution in [2.75, 3.05) is 38.3 Å². The van der Waals surface area contributed by atoms with E-state index in [2.05, 4.69) is 115 Å². The molecule has 5 aromatic rings. The second-order valence-corrected chi connectivity index (χ2v) is 14.5. The summed E-state index contributed by atoms with van der Waals surface area (Å²) in [4.78, 5) is 2.41. The molecule has 1 spiro atoms. The molecule has 2 aliphatic heterocycles. The van der Waals surface area contributed by atoms with Crippen molar-refractivity contribution in [3.8, 4) is 22.6 Å². The topological polar surface area (TPSA) is 30.9 Å². The minimum Gasteiger partial charge on any atom is -0.497 e. The molecule has 0 aromatic heterocycles. The second-order valence-electron chi connectivity index (χ2n) is 14.5. The number of ether oxygens (including phenoxy) is 3. The highest BCUT2D eigenvalue weighted by Gasteiger charge is 2.48. The molecule has 0 bridgehead atoms. The van der Waals surface area contributed by atoms with Gasteiger partial charge in [0.2, 0.25) is 0 Å². The normalized spacial score (nSPS) is 21.0. The minimum atomic E-state index is -0.812. The third-order valence-corrected chi connectivity index (χ3v) is 11.8. The van der Waals surface area contributed by atoms with Crippen molar-refractivity contribution in [1.29, 1.82) is 0 Å². The fraction of sp³-hybridized carbons (Fsp3) is 0.333. The average molecular weight is 648 g/mol. The van der Waals surface area contributed by atoms with Gasteiger partial charge in [-0.25, -0.2) is 0 Å². The van der Waals surface area contributed by atoms with E-state index < -0.39 is 5.60 Å². The molecule has 2 heterocycles. The molecular formula is C45H45NO3. The van der Waals surface area contributed by atoms with Crippen LogP contribution in [-0.2, 0) is 15.8 Å². The number of nitrogens with zero attached hydrogens (tertiary/aromatic N) is 1. The van der Waals surface area contributed by atoms with Crippen molar-refractivity contribution in [3.63, 3.8) is 0 Å². The highest BCUT2D eigenvalue weighted by atomic mass is 16.5. The number of morpholine rings is 1. The molecule has 1 saturated heterocycles. The summed E-state index contributed by atoms with van der Waals surface area (Å²) >= 11 is 0. The van der Waals surface area contributed by atoms with Gasteiger partial charge in [-0.05, 0) is 83.8 Å². The second kappa shape index (κ2) is 12.1. The van der Waals surface area contributed by atoms with Crippen LogP contribution in [0, 0.1) is 6.92 Å². The lowest BCUT2D eigenvalue weighted by Crippen LogP contribution is -2.37. The van der Waals surface area contributed by atoms with E-state index in [0.29, 0.717) is 0 Å². The van der Waals surface area contributed by atoms with E-state index in [1.807, 2.05) is 0 Å². The predicted molar refractivity (Wildman–Crippen MR) is 200 cm³/mol. The van der Waals surface area contributed by atoms with Gasteiger partial charge < -0.3 is 19.1 Å². The van der Waals surface area contributed by atoms with E-state index in [-0.39, 0.29) is 5.41 Å². The molecule has 0 N–H and O–H groups in total. The quantitative estimate of drug-likeness (QED) is 0.194. The van der Waals surface area contributed by atoms with E-state index >= 15 is 0 Å². The maximum atomic E-state index is 7.67. The van der Waals surface area contributed by atoms with Gasteiger partial charge in [0.1, 0.15) is 11.5 Å². The largest absolute Gasteiger partial charge is 0.497 e. The van der Waals surface area contributed by atoms with Crippen molar-refractivity contribution in [3.05, 3.63) is 130 Å². The van der Waals surface area contributed by atoms with E-state index in [4.69, 9.17) is 14.2 Å². The third-order valence-electron chi connectivity index (χ3n) is 11.8. The van der Waals surface area contributed by atoms with Crippen LogP contribution in [0.25, 0.3) is 28.0 Å². The average Bonchev–Trinajstić information content (AvgIpc) is 3.44. The maximum absolute atomic E-state index is 7.67. The molecule has 248 valence electrons. The maximum Gasteiger partial charge on any atom is 0.178 e. The smallest absolute Gasteiger partial charge is 0.178 e. The molecule has 0 radical (unpaired) electrons. The first-order valence-corrected chi connectivity index (χ1v) is 18.3. The Labute approximate surface area is 290 Å². The molecule has 2 aliphatic carbocycles. The number of hydrogen-bond acceptors (Lipinski definition) is 4. The van der Waals surface area contributed by atoms with Crippen LogP contribution in [0.1, 0.15) is 78.3 Å². The first-order valence-electron chi connectivity index (χ1n) is 18.3. The highest BCUT2D eigenvalue weighted by molar-refractivity contribution is 6.08. The van der Waals surface area contributed by atoms with Crippen molar-refractivity contribution < 1.29 is 14.2 Å². The Hall–Kier alpha value is -4.54. The van der Waals surface area contributed by atoms with Crippen LogP contribution in [0.5, 0.6) is 11.5 Å². The van der Waals surface area contributed by atoms with Crippen LogP contribution in [0.4, 0.5) is 5.69 Å². The van der Waals surface area contributed by atoms with E-state index in [1.54, 1.807) is 7.11 Å². The Morgan fingerprint density at radius 2 is 1.43 bits per heavy atom. The summed E-state index contributed by atoms with van der Waals surface area (Å²) in [7, 11) is 1.72. The van der Waals surface area contributed by atoms with Gasteiger partial charge in [0.05, 0.1) is 20.3 Å². The number of methoxy groups -OCH3 is 1. The van der Waals surface area contributed by atoms with Crippen LogP contribution < -0.4 is 14.4 Å². The third kappa shape index (κ3) is 4.82. The molecule has 1 unspecified atom stereocenters. The van der Waals surface area contributed by atoms with Gasteiger partial charge in [-0.3, -0.25) is 0 Å². The first-order chi connectivity index (χ1) is 24.1. The molecule has 5 aromatic carbocycles. The molecule has 49 heavy (non-hydrogen) atoms. The summed E-state index contributed by atoms with van der Waals surface area (Å²) in [6.07, 6.45) is 13.6. The molecule has 1 atom stereocenters. The number of rotatable bonds is 4. The van der Waals surface area contributed by atoms with Gasteiger partial charge in [0.15, 0.2) is 5.60 Å². The molecule has 0 amide bonds. The number of hydrogen-bond donors (Lipinski definition) is 0. The van der Waals surface area contributed by atoms with Crippen molar-refractivity contribution in [2.24, 2.45) is 0 Å². The fourth-order valence-corrected chi connectivity index (χ4v) is 9.37. The Morgan fingerprint density at radius 1 is 0.735 bits per heavy atom. The number of anilines is 1. The van der Waals surface area contributed by atoms with Crippen LogP contribution in [-0.4, -0.2) is 33.4 Å². The molecule has 1 saturated carbocycles. The molecule has 9 rings (SSSR count). The van der Waals surface area contributed by atoms with Gasteiger partial charge in [-0.2, -0.15) is 0 Å². The van der Waals surface area contributed by atoms with Crippen LogP contribution in [0.2, 0.25) is 0 Å². The van der Waals surface area contributed by atoms with E-state index in [0.717, 1.165) is 48.9 Å². The van der Waals surface area contributed by atoms with Crippen molar-refractivity contribution in [2.45, 2.75) is 62.9 Å². The Kier molecular flexibility index (Phi) is 7.54. The van der Waals surface area contributed by atoms with E-state index in [9.17, 15) is 0 Å². The Bertz CT molecular complexity index is 2050. The summed E-state index contributed by atoms with van der Waals surface area (Å²) in [5, 5.41) is 2.49. The number of fused-ring (bicyclic) bond motifs is 10. The zero-order valence-electron chi connectivity index (χ0n) is 28.8. The minimum absolute atomic E-state index is 0.0108. The lowest BCUT2D eigenvalue weighted by molar-refractivity contribution is 0.122. The van der Waals surface area contributed by atoms with Gasteiger partial charge in [-0.1, -0.05) is 104 Å². The Balaban J connectivity index is 1.28. The zero-order valence-corrected chi connectivity index (χ0v) is 28.8. The summed E-state index contributed by atoms with van der Waals surface area (Å²) < 4.78 is 18.9. The Morgan fingerprint density at radius 3 is 2.16 bits per heavy atom. The molecule has 2 fully saturated rings.